The summed E-state index contributed by atoms with van der Waals surface area (Å²) in [5.74, 6) is 0.424. The molecule has 1 fully saturated rings. The summed E-state index contributed by atoms with van der Waals surface area (Å²) < 4.78 is 5.18. The van der Waals surface area contributed by atoms with Gasteiger partial charge in [-0.25, -0.2) is 0 Å². The monoisotopic (exact) mass is 332 g/mol. The van der Waals surface area contributed by atoms with Crippen molar-refractivity contribution in [1.29, 1.82) is 0 Å². The maximum Gasteiger partial charge on any atom is 0.289 e. The molecule has 0 radical (unpaired) electrons. The number of nitrogens with zero attached hydrogens (tertiary/aromatic N) is 2. The third-order valence-corrected chi connectivity index (χ3v) is 4.46. The van der Waals surface area contributed by atoms with Crippen molar-refractivity contribution in [2.75, 3.05) is 32.7 Å². The third-order valence-electron chi connectivity index (χ3n) is 4.22. The Morgan fingerprint density at radius 3 is 2.65 bits per heavy atom. The molecule has 0 N–H and O–H groups in total. The Hall–Kier alpha value is -1.78. The zero-order valence-corrected chi connectivity index (χ0v) is 13.8. The average Bonchev–Trinajstić information content (AvgIpc) is 3.09. The molecule has 2 aromatic rings. The standard InChI is InChI=1S/C18H21ClN2O2/c19-16-6-1-4-15(14-16)5-2-8-20-9-11-21(12-10-20)18(22)17-7-3-13-23-17/h1,3-4,6-7,13-14H,2,5,8-12H2. The van der Waals surface area contributed by atoms with Gasteiger partial charge in [0.1, 0.15) is 0 Å². The van der Waals surface area contributed by atoms with Crippen molar-refractivity contribution in [2.24, 2.45) is 0 Å². The zero-order chi connectivity index (χ0) is 16.1. The molecule has 5 heteroatoms. The molecule has 23 heavy (non-hydrogen) atoms. The molecule has 1 aliphatic heterocycles. The van der Waals surface area contributed by atoms with Crippen LogP contribution in [0.4, 0.5) is 0 Å². The van der Waals surface area contributed by atoms with E-state index in [0.717, 1.165) is 50.6 Å². The number of aryl methyl sites for hydroxylation is 1. The second kappa shape index (κ2) is 7.66. The van der Waals surface area contributed by atoms with Crippen LogP contribution in [0.1, 0.15) is 22.5 Å². The van der Waals surface area contributed by atoms with E-state index in [4.69, 9.17) is 16.0 Å². The topological polar surface area (TPSA) is 36.7 Å². The van der Waals surface area contributed by atoms with Gasteiger partial charge in [-0.15, -0.1) is 0 Å². The van der Waals surface area contributed by atoms with E-state index in [1.54, 1.807) is 18.4 Å². The highest BCUT2D eigenvalue weighted by Crippen LogP contribution is 2.13. The van der Waals surface area contributed by atoms with Crippen LogP contribution >= 0.6 is 11.6 Å². The zero-order valence-electron chi connectivity index (χ0n) is 13.1. The minimum absolute atomic E-state index is 0.00595. The van der Waals surface area contributed by atoms with Crippen molar-refractivity contribution in [1.82, 2.24) is 9.80 Å². The minimum Gasteiger partial charge on any atom is -0.459 e. The van der Waals surface area contributed by atoms with E-state index in [1.807, 2.05) is 23.1 Å². The maximum absolute atomic E-state index is 12.2. The van der Waals surface area contributed by atoms with E-state index in [-0.39, 0.29) is 5.91 Å². The number of hydrogen-bond acceptors (Lipinski definition) is 3. The lowest BCUT2D eigenvalue weighted by molar-refractivity contribution is 0.0605. The normalized spacial score (nSPS) is 15.8. The van der Waals surface area contributed by atoms with Gasteiger partial charge in [0, 0.05) is 31.2 Å². The lowest BCUT2D eigenvalue weighted by Crippen LogP contribution is -2.48. The van der Waals surface area contributed by atoms with Crippen molar-refractivity contribution in [2.45, 2.75) is 12.8 Å². The molecule has 0 bridgehead atoms. The number of hydrogen-bond donors (Lipinski definition) is 0. The van der Waals surface area contributed by atoms with Gasteiger partial charge >= 0.3 is 0 Å². The highest BCUT2D eigenvalue weighted by Gasteiger charge is 2.23. The molecule has 0 spiro atoms. The number of amides is 1. The molecule has 0 unspecified atom stereocenters. The molecule has 1 saturated heterocycles. The number of furan rings is 1. The molecule has 3 rings (SSSR count). The third kappa shape index (κ3) is 4.36. The fourth-order valence-corrected chi connectivity index (χ4v) is 3.14. The molecule has 1 aromatic carbocycles. The van der Waals surface area contributed by atoms with E-state index < -0.39 is 0 Å². The minimum atomic E-state index is -0.00595. The summed E-state index contributed by atoms with van der Waals surface area (Å²) >= 11 is 6.00. The fraction of sp³-hybridized carbons (Fsp3) is 0.389. The second-order valence-corrected chi connectivity index (χ2v) is 6.28. The van der Waals surface area contributed by atoms with Gasteiger partial charge in [0.15, 0.2) is 5.76 Å². The quantitative estimate of drug-likeness (QED) is 0.842. The van der Waals surface area contributed by atoms with Crippen LogP contribution in [0.2, 0.25) is 5.02 Å². The van der Waals surface area contributed by atoms with Gasteiger partial charge < -0.3 is 9.32 Å². The summed E-state index contributed by atoms with van der Waals surface area (Å²) in [6.45, 7) is 4.41. The van der Waals surface area contributed by atoms with E-state index in [9.17, 15) is 4.79 Å². The van der Waals surface area contributed by atoms with Crippen LogP contribution in [0.15, 0.2) is 47.1 Å². The molecule has 4 nitrogen and oxygen atoms in total. The predicted octanol–water partition coefficient (Wildman–Crippen LogP) is 3.32. The second-order valence-electron chi connectivity index (χ2n) is 5.84. The smallest absolute Gasteiger partial charge is 0.289 e. The van der Waals surface area contributed by atoms with Crippen LogP contribution in [-0.4, -0.2) is 48.4 Å². The van der Waals surface area contributed by atoms with E-state index in [1.165, 1.54) is 5.56 Å². The summed E-state index contributed by atoms with van der Waals surface area (Å²) in [6, 6.07) is 11.5. The molecule has 0 atom stereocenters. The Morgan fingerprint density at radius 2 is 1.96 bits per heavy atom. The van der Waals surface area contributed by atoms with Crippen molar-refractivity contribution >= 4 is 17.5 Å². The van der Waals surface area contributed by atoms with Crippen molar-refractivity contribution in [3.8, 4) is 0 Å². The number of carbonyl (C=O) groups excluding carboxylic acids is 1. The first-order valence-corrected chi connectivity index (χ1v) is 8.40. The lowest BCUT2D eigenvalue weighted by Gasteiger charge is -2.34. The Labute approximate surface area is 141 Å². The van der Waals surface area contributed by atoms with Gasteiger partial charge in [0.25, 0.3) is 5.91 Å². The predicted molar refractivity (Wildman–Crippen MR) is 90.8 cm³/mol. The number of carbonyl (C=O) groups is 1. The molecule has 122 valence electrons. The first-order valence-electron chi connectivity index (χ1n) is 8.02. The molecule has 0 aliphatic carbocycles. The summed E-state index contributed by atoms with van der Waals surface area (Å²) in [5, 5.41) is 0.799. The first kappa shape index (κ1) is 16.1. The summed E-state index contributed by atoms with van der Waals surface area (Å²) in [4.78, 5) is 16.5. The van der Waals surface area contributed by atoms with Crippen LogP contribution in [-0.2, 0) is 6.42 Å². The van der Waals surface area contributed by atoms with Gasteiger partial charge in [-0.05, 0) is 49.2 Å². The molecular weight excluding hydrogens is 312 g/mol. The Morgan fingerprint density at radius 1 is 1.13 bits per heavy atom. The molecule has 2 heterocycles. The van der Waals surface area contributed by atoms with Crippen molar-refractivity contribution in [3.63, 3.8) is 0 Å². The first-order chi connectivity index (χ1) is 11.2. The molecule has 0 saturated carbocycles. The number of halogens is 1. The Kier molecular flexibility index (Phi) is 5.36. The Balaban J connectivity index is 1.40. The number of benzene rings is 1. The summed E-state index contributed by atoms with van der Waals surface area (Å²) in [6.07, 6.45) is 3.68. The fourth-order valence-electron chi connectivity index (χ4n) is 2.93. The van der Waals surface area contributed by atoms with E-state index in [0.29, 0.717) is 5.76 Å². The van der Waals surface area contributed by atoms with Crippen LogP contribution in [0.25, 0.3) is 0 Å². The highest BCUT2D eigenvalue weighted by atomic mass is 35.5. The number of piperazine rings is 1. The van der Waals surface area contributed by atoms with Crippen LogP contribution < -0.4 is 0 Å². The Bertz CT molecular complexity index is 634. The lowest BCUT2D eigenvalue weighted by atomic mass is 10.1. The van der Waals surface area contributed by atoms with Gasteiger partial charge in [-0.3, -0.25) is 9.69 Å². The molecular formula is C18H21ClN2O2. The van der Waals surface area contributed by atoms with E-state index >= 15 is 0 Å². The molecule has 1 amide bonds. The largest absolute Gasteiger partial charge is 0.459 e. The van der Waals surface area contributed by atoms with Crippen LogP contribution in [0, 0.1) is 0 Å². The number of rotatable bonds is 5. The molecule has 1 aliphatic rings. The van der Waals surface area contributed by atoms with E-state index in [2.05, 4.69) is 11.0 Å². The van der Waals surface area contributed by atoms with Gasteiger partial charge in [0.2, 0.25) is 0 Å². The average molecular weight is 333 g/mol. The van der Waals surface area contributed by atoms with Gasteiger partial charge in [0.05, 0.1) is 6.26 Å². The SMILES string of the molecule is O=C(c1ccco1)N1CCN(CCCc2cccc(Cl)c2)CC1. The molecule has 1 aromatic heterocycles. The van der Waals surface area contributed by atoms with Crippen molar-refractivity contribution < 1.29 is 9.21 Å². The highest BCUT2D eigenvalue weighted by molar-refractivity contribution is 6.30. The summed E-state index contributed by atoms with van der Waals surface area (Å²) in [7, 11) is 0. The van der Waals surface area contributed by atoms with Crippen LogP contribution in [0.3, 0.4) is 0 Å². The maximum atomic E-state index is 12.2. The van der Waals surface area contributed by atoms with Gasteiger partial charge in [-0.1, -0.05) is 23.7 Å². The van der Waals surface area contributed by atoms with Crippen molar-refractivity contribution in [3.05, 3.63) is 59.0 Å². The van der Waals surface area contributed by atoms with Gasteiger partial charge in [-0.2, -0.15) is 0 Å². The summed E-state index contributed by atoms with van der Waals surface area (Å²) in [5.41, 5.74) is 1.28. The van der Waals surface area contributed by atoms with Crippen LogP contribution in [0.5, 0.6) is 0 Å².